The summed E-state index contributed by atoms with van der Waals surface area (Å²) in [5, 5.41) is 23.4. The van der Waals surface area contributed by atoms with Crippen LogP contribution in [0.15, 0.2) is 36.5 Å². The second-order valence-electron chi connectivity index (χ2n) is 24.2. The van der Waals surface area contributed by atoms with Crippen LogP contribution < -0.4 is 5.32 Å². The molecule has 3 N–H and O–H groups in total. The number of nitrogens with one attached hydrogen (secondary N) is 1. The van der Waals surface area contributed by atoms with Gasteiger partial charge < -0.3 is 20.3 Å². The van der Waals surface area contributed by atoms with Crippen LogP contribution in [-0.4, -0.2) is 47.4 Å². The Morgan fingerprint density at radius 3 is 1.01 bits per heavy atom. The Bertz CT molecular complexity index is 1260. The number of carbonyl (C=O) groups is 2. The lowest BCUT2D eigenvalue weighted by Gasteiger charge is -2.22. The number of allylic oxidation sites excluding steroid dienone is 6. The number of carbonyl (C=O) groups excluding carboxylic acids is 2. The third-order valence-electron chi connectivity index (χ3n) is 16.4. The highest BCUT2D eigenvalue weighted by Crippen LogP contribution is 2.18. The van der Waals surface area contributed by atoms with Crippen LogP contribution >= 0.6 is 0 Å². The number of hydrogen-bond acceptors (Lipinski definition) is 5. The number of aliphatic hydroxyl groups is 2. The molecule has 460 valence electrons. The van der Waals surface area contributed by atoms with E-state index in [2.05, 4.69) is 55.6 Å². The van der Waals surface area contributed by atoms with E-state index in [9.17, 15) is 19.8 Å². The molecule has 0 fully saturated rings. The summed E-state index contributed by atoms with van der Waals surface area (Å²) in [6.07, 6.45) is 86.1. The molecule has 0 rings (SSSR count). The summed E-state index contributed by atoms with van der Waals surface area (Å²) in [5.74, 6) is -0.0284. The fourth-order valence-corrected chi connectivity index (χ4v) is 11.0. The maximum Gasteiger partial charge on any atom is 0.305 e. The molecule has 6 nitrogen and oxygen atoms in total. The fourth-order valence-electron chi connectivity index (χ4n) is 11.0. The Morgan fingerprint density at radius 2 is 0.641 bits per heavy atom. The van der Waals surface area contributed by atoms with Crippen molar-refractivity contribution in [3.8, 4) is 0 Å². The van der Waals surface area contributed by atoms with Gasteiger partial charge in [0.15, 0.2) is 0 Å². The highest BCUT2D eigenvalue weighted by Gasteiger charge is 2.20. The summed E-state index contributed by atoms with van der Waals surface area (Å²) in [4.78, 5) is 24.6. The number of amides is 1. The molecule has 78 heavy (non-hydrogen) atoms. The first-order valence-corrected chi connectivity index (χ1v) is 35.2. The first-order valence-electron chi connectivity index (χ1n) is 35.2. The van der Waals surface area contributed by atoms with Gasteiger partial charge in [-0.1, -0.05) is 326 Å². The summed E-state index contributed by atoms with van der Waals surface area (Å²) >= 11 is 0. The van der Waals surface area contributed by atoms with E-state index >= 15 is 0 Å². The molecule has 0 aromatic rings. The molecule has 0 aromatic heterocycles. The minimum atomic E-state index is -0.667. The SMILES string of the molecule is CCCCC/C=C\C/C=C\CCCCCCCCCC(=O)OCCCCCCCCCCCCCC/C=C\CCCCCCCCCCCC(=O)NC(CO)C(O)CCCCCCCCCCCCCCCCCCCCC. The summed E-state index contributed by atoms with van der Waals surface area (Å²) in [6.45, 7) is 4.95. The van der Waals surface area contributed by atoms with E-state index in [1.165, 1.54) is 302 Å². The van der Waals surface area contributed by atoms with Gasteiger partial charge in [0.05, 0.1) is 25.4 Å². The van der Waals surface area contributed by atoms with E-state index in [-0.39, 0.29) is 18.5 Å². The smallest absolute Gasteiger partial charge is 0.305 e. The lowest BCUT2D eigenvalue weighted by molar-refractivity contribution is -0.143. The van der Waals surface area contributed by atoms with Gasteiger partial charge in [-0.05, 0) is 83.5 Å². The molecule has 0 radical (unpaired) electrons. The summed E-state index contributed by atoms with van der Waals surface area (Å²) < 4.78 is 5.50. The molecule has 2 unspecified atom stereocenters. The monoisotopic (exact) mass is 1100 g/mol. The summed E-state index contributed by atoms with van der Waals surface area (Å²) in [7, 11) is 0. The van der Waals surface area contributed by atoms with Crippen LogP contribution in [0.5, 0.6) is 0 Å². The Balaban J connectivity index is 3.39. The van der Waals surface area contributed by atoms with Crippen LogP contribution in [0.4, 0.5) is 0 Å². The van der Waals surface area contributed by atoms with E-state index in [0.29, 0.717) is 25.9 Å². The van der Waals surface area contributed by atoms with Crippen LogP contribution in [0, 0.1) is 0 Å². The zero-order chi connectivity index (χ0) is 56.4. The van der Waals surface area contributed by atoms with Crippen molar-refractivity contribution < 1.29 is 24.5 Å². The van der Waals surface area contributed by atoms with Crippen molar-refractivity contribution in [1.82, 2.24) is 5.32 Å². The molecular formula is C72H137NO5. The van der Waals surface area contributed by atoms with Crippen molar-refractivity contribution in [1.29, 1.82) is 0 Å². The van der Waals surface area contributed by atoms with E-state index in [4.69, 9.17) is 4.74 Å². The van der Waals surface area contributed by atoms with Crippen molar-refractivity contribution in [3.63, 3.8) is 0 Å². The third kappa shape index (κ3) is 63.3. The van der Waals surface area contributed by atoms with Crippen molar-refractivity contribution in [2.24, 2.45) is 0 Å². The second-order valence-corrected chi connectivity index (χ2v) is 24.2. The van der Waals surface area contributed by atoms with Gasteiger partial charge in [-0.15, -0.1) is 0 Å². The van der Waals surface area contributed by atoms with Gasteiger partial charge in [-0.25, -0.2) is 0 Å². The van der Waals surface area contributed by atoms with Crippen LogP contribution in [0.3, 0.4) is 0 Å². The second kappa shape index (κ2) is 67.6. The zero-order valence-electron chi connectivity index (χ0n) is 52.7. The molecule has 2 atom stereocenters. The average Bonchev–Trinajstić information content (AvgIpc) is 3.44. The molecule has 0 saturated heterocycles. The van der Waals surface area contributed by atoms with Crippen LogP contribution in [0.2, 0.25) is 0 Å². The van der Waals surface area contributed by atoms with Crippen LogP contribution in [-0.2, 0) is 14.3 Å². The summed E-state index contributed by atoms with van der Waals surface area (Å²) in [6, 6.07) is -0.545. The predicted octanol–water partition coefficient (Wildman–Crippen LogP) is 22.7. The van der Waals surface area contributed by atoms with Crippen molar-refractivity contribution >= 4 is 11.9 Å². The molecule has 1 amide bonds. The van der Waals surface area contributed by atoms with Crippen molar-refractivity contribution in [2.45, 2.75) is 398 Å². The Hall–Kier alpha value is -1.92. The Kier molecular flexibility index (Phi) is 65.9. The van der Waals surface area contributed by atoms with Gasteiger partial charge >= 0.3 is 5.97 Å². The summed E-state index contributed by atoms with van der Waals surface area (Å²) in [5.41, 5.74) is 0. The number of esters is 1. The lowest BCUT2D eigenvalue weighted by atomic mass is 10.0. The first-order chi connectivity index (χ1) is 38.5. The zero-order valence-corrected chi connectivity index (χ0v) is 52.7. The predicted molar refractivity (Wildman–Crippen MR) is 343 cm³/mol. The van der Waals surface area contributed by atoms with Gasteiger partial charge in [0, 0.05) is 12.8 Å². The lowest BCUT2D eigenvalue weighted by Crippen LogP contribution is -2.45. The molecule has 6 heteroatoms. The van der Waals surface area contributed by atoms with Gasteiger partial charge in [0.2, 0.25) is 5.91 Å². The van der Waals surface area contributed by atoms with Gasteiger partial charge in [0.25, 0.3) is 0 Å². The van der Waals surface area contributed by atoms with Gasteiger partial charge in [-0.3, -0.25) is 9.59 Å². The largest absolute Gasteiger partial charge is 0.466 e. The highest BCUT2D eigenvalue weighted by molar-refractivity contribution is 5.76. The molecule has 0 saturated carbocycles. The van der Waals surface area contributed by atoms with Gasteiger partial charge in [0.1, 0.15) is 0 Å². The highest BCUT2D eigenvalue weighted by atomic mass is 16.5. The van der Waals surface area contributed by atoms with Crippen LogP contribution in [0.1, 0.15) is 386 Å². The number of unbranched alkanes of at least 4 members (excludes halogenated alkanes) is 49. The van der Waals surface area contributed by atoms with Crippen molar-refractivity contribution in [3.05, 3.63) is 36.5 Å². The maximum atomic E-state index is 12.5. The van der Waals surface area contributed by atoms with Gasteiger partial charge in [-0.2, -0.15) is 0 Å². The third-order valence-corrected chi connectivity index (χ3v) is 16.4. The van der Waals surface area contributed by atoms with Crippen LogP contribution in [0.25, 0.3) is 0 Å². The molecule has 0 heterocycles. The molecular weight excluding hydrogens is 959 g/mol. The topological polar surface area (TPSA) is 95.9 Å². The normalized spacial score (nSPS) is 12.7. The first kappa shape index (κ1) is 76.1. The van der Waals surface area contributed by atoms with Crippen molar-refractivity contribution in [2.75, 3.05) is 13.2 Å². The number of aliphatic hydroxyl groups excluding tert-OH is 2. The average molecular weight is 1100 g/mol. The molecule has 0 aliphatic rings. The number of ether oxygens (including phenoxy) is 1. The molecule has 0 aromatic carbocycles. The minimum Gasteiger partial charge on any atom is -0.466 e. The van der Waals surface area contributed by atoms with E-state index < -0.39 is 12.1 Å². The maximum absolute atomic E-state index is 12.5. The number of hydrogen-bond donors (Lipinski definition) is 3. The fraction of sp³-hybridized carbons (Fsp3) is 0.889. The minimum absolute atomic E-state index is 0.00625. The van der Waals surface area contributed by atoms with E-state index in [1.54, 1.807) is 0 Å². The molecule has 0 aliphatic carbocycles. The van der Waals surface area contributed by atoms with E-state index in [0.717, 1.165) is 51.4 Å². The molecule has 0 aliphatic heterocycles. The standard InChI is InChI=1S/C72H137NO5/c1-3-5-7-9-11-13-15-17-19-21-29-33-36-40-44-48-52-56-60-64-70(75)69(68-74)73-71(76)65-61-57-53-49-45-41-37-34-30-27-25-23-22-24-26-28-31-35-39-43-47-51-55-59-63-67-78-72(77)66-62-58-54-50-46-42-38-32-20-18-16-14-12-10-8-6-4-2/h12,14,18,20,23,25,69-70,74-75H,3-11,13,15-17,19,21-22,24,26-68H2,1-2H3,(H,73,76)/b14-12-,20-18-,25-23-. The quantitative estimate of drug-likeness (QED) is 0.0320. The Morgan fingerprint density at radius 1 is 0.359 bits per heavy atom. The Labute approximate surface area is 487 Å². The number of rotatable bonds is 66. The molecule has 0 bridgehead atoms. The van der Waals surface area contributed by atoms with E-state index in [1.807, 2.05) is 0 Å². The molecule has 0 spiro atoms.